The van der Waals surface area contributed by atoms with Gasteiger partial charge >= 0.3 is 5.97 Å². The number of anilines is 1. The van der Waals surface area contributed by atoms with Crippen LogP contribution in [0.3, 0.4) is 0 Å². The molecular weight excluding hydrogens is 502 g/mol. The molecule has 9 heteroatoms. The topological polar surface area (TPSA) is 88.2 Å². The van der Waals surface area contributed by atoms with Crippen molar-refractivity contribution in [3.8, 4) is 5.75 Å². The summed E-state index contributed by atoms with van der Waals surface area (Å²) in [6.07, 6.45) is -0.0833. The largest absolute Gasteiger partial charge is 0.497 e. The van der Waals surface area contributed by atoms with Gasteiger partial charge in [-0.1, -0.05) is 42.5 Å². The van der Waals surface area contributed by atoms with E-state index in [2.05, 4.69) is 5.32 Å². The number of esters is 1. The van der Waals surface area contributed by atoms with Crippen molar-refractivity contribution in [2.45, 2.75) is 32.5 Å². The van der Waals surface area contributed by atoms with E-state index in [4.69, 9.17) is 21.7 Å². The highest BCUT2D eigenvalue weighted by atomic mass is 32.1. The fourth-order valence-electron chi connectivity index (χ4n) is 4.20. The molecule has 0 aliphatic carbocycles. The molecule has 0 aromatic heterocycles. The third-order valence-corrected chi connectivity index (χ3v) is 6.61. The van der Waals surface area contributed by atoms with E-state index < -0.39 is 12.0 Å². The molecule has 1 saturated heterocycles. The number of carbonyl (C=O) groups is 3. The molecule has 0 bridgehead atoms. The molecule has 4 rings (SSSR count). The fourth-order valence-corrected chi connectivity index (χ4v) is 4.55. The molecule has 0 spiro atoms. The van der Waals surface area contributed by atoms with E-state index in [0.29, 0.717) is 29.5 Å². The Morgan fingerprint density at radius 3 is 2.21 bits per heavy atom. The lowest BCUT2D eigenvalue weighted by Crippen LogP contribution is -2.37. The molecule has 1 heterocycles. The van der Waals surface area contributed by atoms with E-state index in [0.717, 1.165) is 16.9 Å². The van der Waals surface area contributed by atoms with Gasteiger partial charge in [0.2, 0.25) is 5.91 Å². The van der Waals surface area contributed by atoms with Crippen LogP contribution in [0.4, 0.5) is 5.69 Å². The van der Waals surface area contributed by atoms with Crippen molar-refractivity contribution in [1.82, 2.24) is 9.80 Å². The van der Waals surface area contributed by atoms with Gasteiger partial charge in [0.1, 0.15) is 11.8 Å². The van der Waals surface area contributed by atoms with Crippen LogP contribution in [-0.4, -0.2) is 52.5 Å². The van der Waals surface area contributed by atoms with Gasteiger partial charge in [0.15, 0.2) is 5.11 Å². The molecule has 38 heavy (non-hydrogen) atoms. The van der Waals surface area contributed by atoms with Crippen LogP contribution in [-0.2, 0) is 27.4 Å². The lowest BCUT2D eigenvalue weighted by Gasteiger charge is -2.24. The fraction of sp³-hybridized carbons (Fsp3) is 0.241. The third-order valence-electron chi connectivity index (χ3n) is 6.16. The molecule has 1 aliphatic heterocycles. The van der Waals surface area contributed by atoms with Crippen molar-refractivity contribution in [1.29, 1.82) is 0 Å². The first-order valence-electron chi connectivity index (χ1n) is 12.3. The average Bonchev–Trinajstić information content (AvgIpc) is 3.14. The number of ether oxygens (including phenoxy) is 2. The van der Waals surface area contributed by atoms with Crippen LogP contribution in [0.5, 0.6) is 5.75 Å². The molecule has 3 aromatic rings. The molecular formula is C29H29N3O5S. The summed E-state index contributed by atoms with van der Waals surface area (Å²) in [5.41, 5.74) is 2.78. The van der Waals surface area contributed by atoms with Gasteiger partial charge in [-0.25, -0.2) is 4.79 Å². The molecule has 1 N–H and O–H groups in total. The number of thiocarbonyl (C=S) groups is 1. The Kier molecular flexibility index (Phi) is 8.70. The summed E-state index contributed by atoms with van der Waals surface area (Å²) >= 11 is 5.74. The normalized spacial score (nSPS) is 14.9. The Labute approximate surface area is 227 Å². The predicted octanol–water partition coefficient (Wildman–Crippen LogP) is 4.40. The third kappa shape index (κ3) is 6.36. The quantitative estimate of drug-likeness (QED) is 0.307. The van der Waals surface area contributed by atoms with E-state index >= 15 is 0 Å². The molecule has 0 unspecified atom stereocenters. The van der Waals surface area contributed by atoms with Crippen LogP contribution in [0.1, 0.15) is 34.8 Å². The number of nitrogens with zero attached hydrogens (tertiary/aromatic N) is 2. The maximum absolute atomic E-state index is 13.5. The first-order chi connectivity index (χ1) is 18.4. The summed E-state index contributed by atoms with van der Waals surface area (Å²) in [6, 6.07) is 22.8. The Morgan fingerprint density at radius 1 is 0.921 bits per heavy atom. The summed E-state index contributed by atoms with van der Waals surface area (Å²) < 4.78 is 10.2. The minimum absolute atomic E-state index is 0.0833. The maximum atomic E-state index is 13.5. The highest BCUT2D eigenvalue weighted by molar-refractivity contribution is 7.80. The molecule has 1 fully saturated rings. The Balaban J connectivity index is 1.50. The zero-order valence-corrected chi connectivity index (χ0v) is 22.1. The van der Waals surface area contributed by atoms with Crippen molar-refractivity contribution in [3.05, 3.63) is 95.6 Å². The van der Waals surface area contributed by atoms with Gasteiger partial charge in [-0.2, -0.15) is 0 Å². The van der Waals surface area contributed by atoms with Gasteiger partial charge in [0, 0.05) is 12.2 Å². The smallest absolute Gasteiger partial charge is 0.338 e. The van der Waals surface area contributed by atoms with E-state index in [9.17, 15) is 14.4 Å². The second-order valence-electron chi connectivity index (χ2n) is 8.73. The highest BCUT2D eigenvalue weighted by Gasteiger charge is 2.43. The minimum atomic E-state index is -0.757. The van der Waals surface area contributed by atoms with E-state index in [1.165, 1.54) is 0 Å². The average molecular weight is 532 g/mol. The van der Waals surface area contributed by atoms with Gasteiger partial charge in [-0.15, -0.1) is 0 Å². The minimum Gasteiger partial charge on any atom is -0.497 e. The first kappa shape index (κ1) is 26.8. The number of benzene rings is 3. The number of methoxy groups -OCH3 is 1. The van der Waals surface area contributed by atoms with Crippen molar-refractivity contribution < 1.29 is 23.9 Å². The number of hydrogen-bond acceptors (Lipinski definition) is 6. The van der Waals surface area contributed by atoms with Crippen LogP contribution in [0.15, 0.2) is 78.9 Å². The van der Waals surface area contributed by atoms with Crippen LogP contribution in [0.2, 0.25) is 0 Å². The number of nitrogens with one attached hydrogen (secondary N) is 1. The van der Waals surface area contributed by atoms with Crippen molar-refractivity contribution in [2.75, 3.05) is 19.0 Å². The van der Waals surface area contributed by atoms with E-state index in [1.54, 1.807) is 48.1 Å². The van der Waals surface area contributed by atoms with Gasteiger partial charge < -0.3 is 19.7 Å². The molecule has 196 valence electrons. The summed E-state index contributed by atoms with van der Waals surface area (Å²) in [4.78, 5) is 41.8. The molecule has 0 radical (unpaired) electrons. The molecule has 1 atom stereocenters. The molecule has 8 nitrogen and oxygen atoms in total. The molecule has 1 aliphatic rings. The van der Waals surface area contributed by atoms with Gasteiger partial charge in [-0.05, 0) is 66.7 Å². The van der Waals surface area contributed by atoms with Crippen LogP contribution < -0.4 is 10.1 Å². The number of hydrogen-bond donors (Lipinski definition) is 1. The Morgan fingerprint density at radius 2 is 1.58 bits per heavy atom. The zero-order chi connectivity index (χ0) is 27.1. The van der Waals surface area contributed by atoms with E-state index in [-0.39, 0.29) is 24.8 Å². The van der Waals surface area contributed by atoms with Crippen LogP contribution in [0.25, 0.3) is 0 Å². The predicted molar refractivity (Wildman–Crippen MR) is 148 cm³/mol. The van der Waals surface area contributed by atoms with Crippen LogP contribution >= 0.6 is 12.2 Å². The summed E-state index contributed by atoms with van der Waals surface area (Å²) in [5.74, 6) is -0.260. The van der Waals surface area contributed by atoms with Crippen LogP contribution in [0, 0.1) is 0 Å². The lowest BCUT2D eigenvalue weighted by molar-refractivity contribution is -0.131. The monoisotopic (exact) mass is 531 g/mol. The van der Waals surface area contributed by atoms with Gasteiger partial charge in [0.05, 0.1) is 32.2 Å². The molecule has 0 saturated carbocycles. The standard InChI is InChI=1S/C29H29N3O5S/c1-3-37-28(35)22-11-13-23(14-12-22)30-26(33)17-25-27(34)32(19-20-7-5-4-6-8-20)29(38)31(25)18-21-9-15-24(36-2)16-10-21/h4-16,25H,3,17-19H2,1-2H3,(H,30,33)/t25-/m1/s1. The maximum Gasteiger partial charge on any atom is 0.338 e. The van der Waals surface area contributed by atoms with Crippen molar-refractivity contribution in [3.63, 3.8) is 0 Å². The summed E-state index contributed by atoms with van der Waals surface area (Å²) in [5, 5.41) is 3.20. The van der Waals surface area contributed by atoms with Crippen molar-refractivity contribution in [2.24, 2.45) is 0 Å². The lowest BCUT2D eigenvalue weighted by atomic mass is 10.1. The van der Waals surface area contributed by atoms with Crippen molar-refractivity contribution >= 4 is 40.8 Å². The number of carbonyl (C=O) groups excluding carboxylic acids is 3. The SMILES string of the molecule is CCOC(=O)c1ccc(NC(=O)C[C@@H]2C(=O)N(Cc3ccccc3)C(=S)N2Cc2ccc(OC)cc2)cc1. The second kappa shape index (κ2) is 12.3. The van der Waals surface area contributed by atoms with Gasteiger partial charge in [0.25, 0.3) is 5.91 Å². The summed E-state index contributed by atoms with van der Waals surface area (Å²) in [7, 11) is 1.60. The molecule has 2 amide bonds. The Hall–Kier alpha value is -4.24. The highest BCUT2D eigenvalue weighted by Crippen LogP contribution is 2.26. The van der Waals surface area contributed by atoms with E-state index in [1.807, 2.05) is 54.6 Å². The summed E-state index contributed by atoms with van der Waals surface area (Å²) in [6.45, 7) is 2.71. The molecule has 3 aromatic carbocycles. The second-order valence-corrected chi connectivity index (χ2v) is 9.10. The number of rotatable bonds is 10. The zero-order valence-electron chi connectivity index (χ0n) is 21.3. The number of amides is 2. The first-order valence-corrected chi connectivity index (χ1v) is 12.7. The Bertz CT molecular complexity index is 1300. The van der Waals surface area contributed by atoms with Gasteiger partial charge in [-0.3, -0.25) is 14.5 Å².